The minimum Gasteiger partial charge on any atom is -0.497 e. The third kappa shape index (κ3) is 4.60. The lowest BCUT2D eigenvalue weighted by Crippen LogP contribution is -2.56. The molecule has 0 aromatic heterocycles. The first-order valence-electron chi connectivity index (χ1n) is 12.5. The topological polar surface area (TPSA) is 71.0 Å². The summed E-state index contributed by atoms with van der Waals surface area (Å²) in [6, 6.07) is 19.7. The van der Waals surface area contributed by atoms with Crippen LogP contribution in [0.1, 0.15) is 43.7 Å². The van der Waals surface area contributed by atoms with Gasteiger partial charge in [0.25, 0.3) is 0 Å². The number of benzene rings is 3. The van der Waals surface area contributed by atoms with Crippen molar-refractivity contribution in [3.8, 4) is 11.5 Å². The lowest BCUT2D eigenvalue weighted by Gasteiger charge is -2.52. The molecule has 3 aromatic rings. The highest BCUT2D eigenvalue weighted by molar-refractivity contribution is 6.02. The number of nitrogens with zero attached hydrogens (tertiary/aromatic N) is 1. The van der Waals surface area contributed by atoms with Crippen LogP contribution in [-0.2, 0) is 4.79 Å². The summed E-state index contributed by atoms with van der Waals surface area (Å²) in [5, 5.41) is 16.9. The number of carbonyl (C=O) groups excluding carboxylic acids is 1. The van der Waals surface area contributed by atoms with Crippen LogP contribution in [0.15, 0.2) is 60.7 Å². The van der Waals surface area contributed by atoms with Gasteiger partial charge in [0.05, 0.1) is 26.4 Å². The minimum absolute atomic E-state index is 0.0395. The van der Waals surface area contributed by atoms with Crippen molar-refractivity contribution in [2.24, 2.45) is 5.92 Å². The highest BCUT2D eigenvalue weighted by Crippen LogP contribution is 2.51. The van der Waals surface area contributed by atoms with E-state index in [1.165, 1.54) is 0 Å². The summed E-state index contributed by atoms with van der Waals surface area (Å²) in [6.45, 7) is 0.894. The maximum Gasteiger partial charge on any atom is 0.238 e. The molecule has 6 heteroatoms. The second kappa shape index (κ2) is 9.88. The summed E-state index contributed by atoms with van der Waals surface area (Å²) in [7, 11) is 3.30. The van der Waals surface area contributed by atoms with Crippen molar-refractivity contribution in [2.45, 2.75) is 43.7 Å². The van der Waals surface area contributed by atoms with E-state index in [-0.39, 0.29) is 24.4 Å². The van der Waals surface area contributed by atoms with Gasteiger partial charge < -0.3 is 19.9 Å². The maximum atomic E-state index is 13.3. The molecule has 1 amide bonds. The Hall–Kier alpha value is -3.09. The molecular weight excluding hydrogens is 440 g/mol. The fraction of sp³-hybridized carbons (Fsp3) is 0.414. The molecule has 2 N–H and O–H groups in total. The molecule has 0 unspecified atom stereocenters. The van der Waals surface area contributed by atoms with Crippen molar-refractivity contribution in [1.29, 1.82) is 0 Å². The lowest BCUT2D eigenvalue weighted by molar-refractivity contribution is -0.135. The monoisotopic (exact) mass is 474 g/mol. The molecule has 1 aliphatic carbocycles. The largest absolute Gasteiger partial charge is 0.497 e. The number of anilines is 1. The first-order chi connectivity index (χ1) is 17.0. The zero-order chi connectivity index (χ0) is 24.4. The molecule has 1 aliphatic heterocycles. The van der Waals surface area contributed by atoms with Gasteiger partial charge in [0.2, 0.25) is 5.91 Å². The second-order valence-electron chi connectivity index (χ2n) is 9.80. The van der Waals surface area contributed by atoms with E-state index >= 15 is 0 Å². The molecule has 0 spiro atoms. The highest BCUT2D eigenvalue weighted by Gasteiger charge is 2.49. The van der Waals surface area contributed by atoms with Gasteiger partial charge >= 0.3 is 0 Å². The van der Waals surface area contributed by atoms with Gasteiger partial charge in [-0.25, -0.2) is 0 Å². The maximum absolute atomic E-state index is 13.3. The van der Waals surface area contributed by atoms with Crippen molar-refractivity contribution in [1.82, 2.24) is 4.90 Å². The summed E-state index contributed by atoms with van der Waals surface area (Å²) >= 11 is 0. The summed E-state index contributed by atoms with van der Waals surface area (Å²) in [5.41, 5.74) is 1.10. The van der Waals surface area contributed by atoms with Gasteiger partial charge in [-0.3, -0.25) is 9.69 Å². The number of ether oxygens (including phenoxy) is 2. The molecule has 2 aliphatic rings. The fourth-order valence-electron chi connectivity index (χ4n) is 6.10. The van der Waals surface area contributed by atoms with Crippen molar-refractivity contribution in [3.05, 3.63) is 66.2 Å². The summed E-state index contributed by atoms with van der Waals surface area (Å²) in [6.07, 6.45) is 4.54. The second-order valence-corrected chi connectivity index (χ2v) is 9.80. The van der Waals surface area contributed by atoms with Gasteiger partial charge in [-0.2, -0.15) is 0 Å². The first-order valence-corrected chi connectivity index (χ1v) is 12.5. The molecule has 3 atom stereocenters. The third-order valence-corrected chi connectivity index (χ3v) is 7.84. The number of carbonyl (C=O) groups is 1. The van der Waals surface area contributed by atoms with Crippen LogP contribution in [-0.4, -0.2) is 48.8 Å². The number of likely N-dealkylation sites (tertiary alicyclic amines) is 1. The smallest absolute Gasteiger partial charge is 0.238 e. The first kappa shape index (κ1) is 23.6. The molecule has 3 aromatic carbocycles. The average Bonchev–Trinajstić information content (AvgIpc) is 2.88. The quantitative estimate of drug-likeness (QED) is 0.516. The number of rotatable bonds is 6. The number of hydrogen-bond donors (Lipinski definition) is 2. The number of aliphatic hydroxyl groups is 1. The van der Waals surface area contributed by atoms with E-state index in [0.717, 1.165) is 59.2 Å². The van der Waals surface area contributed by atoms with E-state index in [9.17, 15) is 9.90 Å². The SMILES string of the molecule is COc1ccc([C@@H]2[C@H]3CCCC[C@@]3(O)CCN2CC(=O)Nc2cccc3ccccc23)c(OC)c1. The van der Waals surface area contributed by atoms with Gasteiger partial charge in [0.1, 0.15) is 11.5 Å². The van der Waals surface area contributed by atoms with Crippen LogP contribution in [0.4, 0.5) is 5.69 Å². The van der Waals surface area contributed by atoms with Gasteiger partial charge in [0.15, 0.2) is 0 Å². The van der Waals surface area contributed by atoms with Crippen LogP contribution in [0.25, 0.3) is 10.8 Å². The molecule has 5 rings (SSSR count). The molecule has 184 valence electrons. The fourth-order valence-corrected chi connectivity index (χ4v) is 6.10. The Kier molecular flexibility index (Phi) is 6.67. The molecular formula is C29H34N2O4. The average molecular weight is 475 g/mol. The minimum atomic E-state index is -0.712. The van der Waals surface area contributed by atoms with Crippen LogP contribution < -0.4 is 14.8 Å². The number of fused-ring (bicyclic) bond motifs is 2. The van der Waals surface area contributed by atoms with Gasteiger partial charge in [-0.1, -0.05) is 55.3 Å². The van der Waals surface area contributed by atoms with E-state index < -0.39 is 5.60 Å². The Morgan fingerprint density at radius 2 is 1.89 bits per heavy atom. The molecule has 1 saturated heterocycles. The van der Waals surface area contributed by atoms with Crippen molar-refractivity contribution < 1.29 is 19.4 Å². The van der Waals surface area contributed by atoms with Crippen molar-refractivity contribution in [3.63, 3.8) is 0 Å². The number of amides is 1. The van der Waals surface area contributed by atoms with Crippen LogP contribution in [0, 0.1) is 5.92 Å². The summed E-state index contributed by atoms with van der Waals surface area (Å²) in [5.74, 6) is 1.43. The molecule has 0 radical (unpaired) electrons. The van der Waals surface area contributed by atoms with Gasteiger partial charge in [-0.05, 0) is 36.8 Å². The van der Waals surface area contributed by atoms with Crippen LogP contribution >= 0.6 is 0 Å². The Labute approximate surface area is 206 Å². The van der Waals surface area contributed by atoms with Crippen molar-refractivity contribution in [2.75, 3.05) is 32.6 Å². The predicted octanol–water partition coefficient (Wildman–Crippen LogP) is 5.16. The molecule has 2 fully saturated rings. The number of nitrogens with one attached hydrogen (secondary N) is 1. The standard InChI is InChI=1S/C29H34N2O4/c1-34-21-13-14-23(26(18-21)35-2)28-24-11-5-6-15-29(24,33)16-17-31(28)19-27(32)30-25-12-7-9-20-8-3-4-10-22(20)25/h3-4,7-10,12-14,18,24,28,33H,5-6,11,15-17,19H2,1-2H3,(H,30,32)/t24-,28-,29-/m1/s1. The van der Waals surface area contributed by atoms with E-state index in [4.69, 9.17) is 9.47 Å². The molecule has 35 heavy (non-hydrogen) atoms. The zero-order valence-corrected chi connectivity index (χ0v) is 20.5. The van der Waals surface area contributed by atoms with Gasteiger partial charge in [-0.15, -0.1) is 0 Å². The Morgan fingerprint density at radius 1 is 1.06 bits per heavy atom. The zero-order valence-electron chi connectivity index (χ0n) is 20.5. The van der Waals surface area contributed by atoms with Gasteiger partial charge in [0, 0.05) is 41.2 Å². The lowest BCUT2D eigenvalue weighted by atomic mass is 9.66. The van der Waals surface area contributed by atoms with E-state index in [2.05, 4.69) is 10.2 Å². The van der Waals surface area contributed by atoms with Crippen molar-refractivity contribution >= 4 is 22.4 Å². The molecule has 0 bridgehead atoms. The number of piperidine rings is 1. The van der Waals surface area contributed by atoms with Crippen LogP contribution in [0.5, 0.6) is 11.5 Å². The van der Waals surface area contributed by atoms with E-state index in [1.807, 2.05) is 60.7 Å². The van der Waals surface area contributed by atoms with E-state index in [1.54, 1.807) is 14.2 Å². The number of hydrogen-bond acceptors (Lipinski definition) is 5. The van der Waals surface area contributed by atoms with E-state index in [0.29, 0.717) is 13.0 Å². The van der Waals surface area contributed by atoms with Crippen LogP contribution in [0.2, 0.25) is 0 Å². The Bertz CT molecular complexity index is 1210. The Morgan fingerprint density at radius 3 is 2.71 bits per heavy atom. The highest BCUT2D eigenvalue weighted by atomic mass is 16.5. The molecule has 1 heterocycles. The summed E-state index contributed by atoms with van der Waals surface area (Å²) < 4.78 is 11.2. The summed E-state index contributed by atoms with van der Waals surface area (Å²) in [4.78, 5) is 15.5. The van der Waals surface area contributed by atoms with Crippen LogP contribution in [0.3, 0.4) is 0 Å². The molecule has 6 nitrogen and oxygen atoms in total. The predicted molar refractivity (Wildman–Crippen MR) is 138 cm³/mol. The molecule has 1 saturated carbocycles. The number of methoxy groups -OCH3 is 2. The normalized spacial score (nSPS) is 24.5. The third-order valence-electron chi connectivity index (χ3n) is 7.84. The Balaban J connectivity index is 1.45.